The Morgan fingerprint density at radius 3 is 2.41 bits per heavy atom. The molecule has 0 radical (unpaired) electrons. The summed E-state index contributed by atoms with van der Waals surface area (Å²) >= 11 is 6.08. The largest absolute Gasteiger partial charge is 0.368 e. The van der Waals surface area contributed by atoms with Crippen molar-refractivity contribution in [3.05, 3.63) is 93.4 Å². The van der Waals surface area contributed by atoms with Crippen LogP contribution < -0.4 is 10.5 Å². The molecule has 7 heteroatoms. The molecule has 0 unspecified atom stereocenters. The molecule has 1 amide bonds. The quantitative estimate of drug-likeness (QED) is 0.666. The molecule has 4 rings (SSSR count). The lowest BCUT2D eigenvalue weighted by atomic mass is 10.2. The summed E-state index contributed by atoms with van der Waals surface area (Å²) in [5, 5.41) is 5.01. The molecule has 1 aliphatic heterocycles. The number of hydrogen-bond donors (Lipinski definition) is 0. The second-order valence-electron chi connectivity index (χ2n) is 6.96. The van der Waals surface area contributed by atoms with Crippen molar-refractivity contribution in [2.75, 3.05) is 31.1 Å². The van der Waals surface area contributed by atoms with Crippen LogP contribution in [-0.2, 0) is 6.54 Å². The number of amides is 1. The number of carbonyl (C=O) groups is 1. The van der Waals surface area contributed by atoms with Crippen LogP contribution in [0.1, 0.15) is 16.1 Å². The summed E-state index contributed by atoms with van der Waals surface area (Å²) in [6, 6.07) is 20.2. The average Bonchev–Trinajstić information content (AvgIpc) is 2.76. The third-order valence-electron chi connectivity index (χ3n) is 5.00. The fraction of sp³-hybridized carbons (Fsp3) is 0.227. The highest BCUT2D eigenvalue weighted by Gasteiger charge is 2.23. The van der Waals surface area contributed by atoms with Crippen molar-refractivity contribution in [2.24, 2.45) is 0 Å². The van der Waals surface area contributed by atoms with Gasteiger partial charge < -0.3 is 9.80 Å². The molecule has 2 heterocycles. The van der Waals surface area contributed by atoms with Gasteiger partial charge in [0, 0.05) is 43.0 Å². The van der Waals surface area contributed by atoms with Crippen LogP contribution in [0.15, 0.2) is 71.5 Å². The Balaban J connectivity index is 1.45. The Hall–Kier alpha value is -3.12. The lowest BCUT2D eigenvalue weighted by molar-refractivity contribution is 0.0738. The predicted octanol–water partition coefficient (Wildman–Crippen LogP) is 2.91. The van der Waals surface area contributed by atoms with Gasteiger partial charge in [-0.3, -0.25) is 9.59 Å². The van der Waals surface area contributed by atoms with Gasteiger partial charge in [0.05, 0.1) is 6.54 Å². The van der Waals surface area contributed by atoms with E-state index in [-0.39, 0.29) is 17.2 Å². The van der Waals surface area contributed by atoms with Crippen LogP contribution in [0.4, 0.5) is 5.69 Å². The second-order valence-corrected chi connectivity index (χ2v) is 7.40. The van der Waals surface area contributed by atoms with E-state index >= 15 is 0 Å². The SMILES string of the molecule is O=C(c1ccc(=O)n(Cc2ccccc2)n1)N1CCN(c2cccc(Cl)c2)CC1. The summed E-state index contributed by atoms with van der Waals surface area (Å²) in [7, 11) is 0. The summed E-state index contributed by atoms with van der Waals surface area (Å²) in [5.74, 6) is -0.155. The Labute approximate surface area is 173 Å². The number of rotatable bonds is 4. The minimum absolute atomic E-state index is 0.155. The normalized spacial score (nSPS) is 14.1. The molecule has 1 saturated heterocycles. The number of nitrogens with zero attached hydrogens (tertiary/aromatic N) is 4. The van der Waals surface area contributed by atoms with Gasteiger partial charge in [-0.25, -0.2) is 4.68 Å². The highest BCUT2D eigenvalue weighted by Crippen LogP contribution is 2.21. The Kier molecular flexibility index (Phi) is 5.62. The van der Waals surface area contributed by atoms with E-state index in [0.29, 0.717) is 24.7 Å². The van der Waals surface area contributed by atoms with Crippen LogP contribution in [0, 0.1) is 0 Å². The molecule has 1 aromatic heterocycles. The van der Waals surface area contributed by atoms with Crippen molar-refractivity contribution in [3.8, 4) is 0 Å². The minimum Gasteiger partial charge on any atom is -0.368 e. The first kappa shape index (κ1) is 19.2. The number of halogens is 1. The predicted molar refractivity (Wildman–Crippen MR) is 114 cm³/mol. The molecular weight excluding hydrogens is 388 g/mol. The number of carbonyl (C=O) groups excluding carboxylic acids is 1. The van der Waals surface area contributed by atoms with E-state index in [9.17, 15) is 9.59 Å². The lowest BCUT2D eigenvalue weighted by Crippen LogP contribution is -2.49. The standard InChI is InChI=1S/C22H21ClN4O2/c23-18-7-4-8-19(15-18)25-11-13-26(14-12-25)22(29)20-9-10-21(28)27(24-20)16-17-5-2-1-3-6-17/h1-10,15H,11-14,16H2. The fourth-order valence-electron chi connectivity index (χ4n) is 3.44. The van der Waals surface area contributed by atoms with E-state index < -0.39 is 0 Å². The van der Waals surface area contributed by atoms with Crippen LogP contribution >= 0.6 is 11.6 Å². The van der Waals surface area contributed by atoms with Gasteiger partial charge in [0.15, 0.2) is 0 Å². The zero-order chi connectivity index (χ0) is 20.2. The number of aromatic nitrogens is 2. The zero-order valence-electron chi connectivity index (χ0n) is 15.9. The summed E-state index contributed by atoms with van der Waals surface area (Å²) in [6.45, 7) is 2.95. The van der Waals surface area contributed by atoms with Gasteiger partial charge in [0.25, 0.3) is 11.5 Å². The fourth-order valence-corrected chi connectivity index (χ4v) is 3.62. The highest BCUT2D eigenvalue weighted by molar-refractivity contribution is 6.30. The Morgan fingerprint density at radius 1 is 0.931 bits per heavy atom. The van der Waals surface area contributed by atoms with Crippen molar-refractivity contribution in [2.45, 2.75) is 6.54 Å². The molecule has 0 atom stereocenters. The van der Waals surface area contributed by atoms with E-state index in [1.54, 1.807) is 4.90 Å². The summed E-state index contributed by atoms with van der Waals surface area (Å²) in [5.41, 5.74) is 2.08. The van der Waals surface area contributed by atoms with Crippen LogP contribution in [0.25, 0.3) is 0 Å². The zero-order valence-corrected chi connectivity index (χ0v) is 16.6. The number of hydrogen-bond acceptors (Lipinski definition) is 4. The molecule has 0 aliphatic carbocycles. The number of piperazine rings is 1. The maximum Gasteiger partial charge on any atom is 0.274 e. The summed E-state index contributed by atoms with van der Waals surface area (Å²) in [6.07, 6.45) is 0. The van der Waals surface area contributed by atoms with Gasteiger partial charge in [-0.05, 0) is 29.8 Å². The maximum atomic E-state index is 12.9. The summed E-state index contributed by atoms with van der Waals surface area (Å²) in [4.78, 5) is 29.1. The summed E-state index contributed by atoms with van der Waals surface area (Å²) < 4.78 is 1.34. The molecule has 0 spiro atoms. The van der Waals surface area contributed by atoms with E-state index in [1.807, 2.05) is 54.6 Å². The molecular formula is C22H21ClN4O2. The van der Waals surface area contributed by atoms with E-state index in [2.05, 4.69) is 10.00 Å². The topological polar surface area (TPSA) is 58.4 Å². The average molecular weight is 409 g/mol. The third-order valence-corrected chi connectivity index (χ3v) is 5.24. The molecule has 6 nitrogen and oxygen atoms in total. The van der Waals surface area contributed by atoms with Gasteiger partial charge in [0.1, 0.15) is 5.69 Å². The van der Waals surface area contributed by atoms with Gasteiger partial charge in [-0.15, -0.1) is 0 Å². The number of benzene rings is 2. The van der Waals surface area contributed by atoms with E-state index in [1.165, 1.54) is 16.8 Å². The molecule has 1 aliphatic rings. The van der Waals surface area contributed by atoms with Gasteiger partial charge in [-0.2, -0.15) is 5.10 Å². The molecule has 0 bridgehead atoms. The highest BCUT2D eigenvalue weighted by atomic mass is 35.5. The van der Waals surface area contributed by atoms with Gasteiger partial charge >= 0.3 is 0 Å². The number of anilines is 1. The van der Waals surface area contributed by atoms with E-state index in [4.69, 9.17) is 11.6 Å². The van der Waals surface area contributed by atoms with E-state index in [0.717, 1.165) is 24.3 Å². The van der Waals surface area contributed by atoms with Crippen molar-refractivity contribution in [1.82, 2.24) is 14.7 Å². The van der Waals surface area contributed by atoms with Crippen LogP contribution in [-0.4, -0.2) is 46.8 Å². The molecule has 0 N–H and O–H groups in total. The minimum atomic E-state index is -0.226. The first-order valence-corrected chi connectivity index (χ1v) is 9.90. The van der Waals surface area contributed by atoms with Crippen LogP contribution in [0.3, 0.4) is 0 Å². The van der Waals surface area contributed by atoms with Crippen LogP contribution in [0.2, 0.25) is 5.02 Å². The third kappa shape index (κ3) is 4.49. The molecule has 148 valence electrons. The van der Waals surface area contributed by atoms with Crippen molar-refractivity contribution < 1.29 is 4.79 Å². The molecule has 1 fully saturated rings. The van der Waals surface area contributed by atoms with Gasteiger partial charge in [-0.1, -0.05) is 48.0 Å². The molecule has 3 aromatic rings. The monoisotopic (exact) mass is 408 g/mol. The first-order chi connectivity index (χ1) is 14.1. The smallest absolute Gasteiger partial charge is 0.274 e. The molecule has 0 saturated carbocycles. The van der Waals surface area contributed by atoms with Crippen molar-refractivity contribution in [3.63, 3.8) is 0 Å². The molecule has 29 heavy (non-hydrogen) atoms. The lowest BCUT2D eigenvalue weighted by Gasteiger charge is -2.36. The first-order valence-electron chi connectivity index (χ1n) is 9.52. The van der Waals surface area contributed by atoms with Crippen LogP contribution in [0.5, 0.6) is 0 Å². The Bertz CT molecular complexity index is 1060. The maximum absolute atomic E-state index is 12.9. The second kappa shape index (κ2) is 8.49. The van der Waals surface area contributed by atoms with Crippen molar-refractivity contribution in [1.29, 1.82) is 0 Å². The molecule has 2 aromatic carbocycles. The van der Waals surface area contributed by atoms with Crippen molar-refractivity contribution >= 4 is 23.2 Å². The Morgan fingerprint density at radius 2 is 1.69 bits per heavy atom. The van der Waals surface area contributed by atoms with Gasteiger partial charge in [0.2, 0.25) is 0 Å².